The van der Waals surface area contributed by atoms with Crippen LogP contribution in [0.5, 0.6) is 0 Å². The Bertz CT molecular complexity index is 392. The minimum Gasteiger partial charge on any atom is -0.465 e. The lowest BCUT2D eigenvalue weighted by atomic mass is 9.89. The third-order valence-electron chi connectivity index (χ3n) is 5.51. The Morgan fingerprint density at radius 1 is 1.12 bits per heavy atom. The number of ether oxygens (including phenoxy) is 1. The lowest BCUT2D eigenvalue weighted by Gasteiger charge is -2.46. The Morgan fingerprint density at radius 3 is 2.17 bits per heavy atom. The molecule has 1 aliphatic carbocycles. The zero-order valence-corrected chi connectivity index (χ0v) is 16.0. The van der Waals surface area contributed by atoms with E-state index in [0.29, 0.717) is 12.1 Å². The van der Waals surface area contributed by atoms with Crippen LogP contribution in [-0.2, 0) is 4.74 Å². The number of carboxylic acid groups (broad SMARTS) is 1. The molecule has 2 rings (SSSR count). The second-order valence-corrected chi connectivity index (χ2v) is 8.39. The average Bonchev–Trinajstić information content (AvgIpc) is 2.52. The van der Waals surface area contributed by atoms with E-state index in [1.165, 1.54) is 25.7 Å². The fraction of sp³-hybridized carbons (Fsp3) is 0.947. The van der Waals surface area contributed by atoms with Crippen molar-refractivity contribution in [1.29, 1.82) is 0 Å². The normalized spacial score (nSPS) is 27.2. The van der Waals surface area contributed by atoms with Gasteiger partial charge in [0.1, 0.15) is 0 Å². The average molecular weight is 341 g/mol. The van der Waals surface area contributed by atoms with Gasteiger partial charge in [0, 0.05) is 37.3 Å². The van der Waals surface area contributed by atoms with Crippen molar-refractivity contribution in [3.63, 3.8) is 0 Å². The summed E-state index contributed by atoms with van der Waals surface area (Å²) >= 11 is 0. The van der Waals surface area contributed by atoms with Crippen molar-refractivity contribution < 1.29 is 14.6 Å². The summed E-state index contributed by atoms with van der Waals surface area (Å²) in [5, 5.41) is 9.57. The predicted molar refractivity (Wildman–Crippen MR) is 96.5 cm³/mol. The molecule has 0 aromatic rings. The van der Waals surface area contributed by atoms with E-state index in [0.717, 1.165) is 39.0 Å². The molecule has 5 nitrogen and oxygen atoms in total. The first-order chi connectivity index (χ1) is 11.3. The molecule has 0 radical (unpaired) electrons. The van der Waals surface area contributed by atoms with Crippen molar-refractivity contribution >= 4 is 6.09 Å². The van der Waals surface area contributed by atoms with Gasteiger partial charge in [-0.25, -0.2) is 4.79 Å². The molecule has 1 amide bonds. The summed E-state index contributed by atoms with van der Waals surface area (Å²) in [6.45, 7) is 11.1. The molecule has 0 spiro atoms. The second kappa shape index (κ2) is 8.52. The molecule has 0 aromatic heterocycles. The summed E-state index contributed by atoms with van der Waals surface area (Å²) in [4.78, 5) is 15.9. The van der Waals surface area contributed by atoms with E-state index in [-0.39, 0.29) is 11.6 Å². The molecule has 24 heavy (non-hydrogen) atoms. The molecular formula is C19H36N2O3. The van der Waals surface area contributed by atoms with Gasteiger partial charge in [-0.2, -0.15) is 0 Å². The van der Waals surface area contributed by atoms with Crippen LogP contribution in [0.25, 0.3) is 0 Å². The summed E-state index contributed by atoms with van der Waals surface area (Å²) in [5.74, 6) is 0. The van der Waals surface area contributed by atoms with E-state index >= 15 is 0 Å². The highest BCUT2D eigenvalue weighted by molar-refractivity contribution is 5.66. The number of hydrogen-bond donors (Lipinski definition) is 1. The van der Waals surface area contributed by atoms with Crippen molar-refractivity contribution in [2.24, 2.45) is 0 Å². The van der Waals surface area contributed by atoms with Gasteiger partial charge in [0.05, 0.1) is 6.10 Å². The highest BCUT2D eigenvalue weighted by Crippen LogP contribution is 2.30. The van der Waals surface area contributed by atoms with Gasteiger partial charge in [-0.15, -0.1) is 0 Å². The van der Waals surface area contributed by atoms with Gasteiger partial charge in [-0.1, -0.05) is 6.92 Å². The maximum absolute atomic E-state index is 11.6. The van der Waals surface area contributed by atoms with E-state index in [1.54, 1.807) is 4.90 Å². The van der Waals surface area contributed by atoms with E-state index < -0.39 is 6.09 Å². The minimum absolute atomic E-state index is 0.156. The van der Waals surface area contributed by atoms with Crippen molar-refractivity contribution in [3.05, 3.63) is 0 Å². The lowest BCUT2D eigenvalue weighted by Crippen LogP contribution is -2.56. The molecule has 0 aromatic carbocycles. The van der Waals surface area contributed by atoms with Gasteiger partial charge in [-0.05, 0) is 65.7 Å². The van der Waals surface area contributed by atoms with Crippen LogP contribution in [-0.4, -0.2) is 64.4 Å². The number of piperidine rings is 1. The fourth-order valence-corrected chi connectivity index (χ4v) is 4.36. The first-order valence-corrected chi connectivity index (χ1v) is 9.70. The molecule has 140 valence electrons. The van der Waals surface area contributed by atoms with Crippen LogP contribution in [0.4, 0.5) is 4.79 Å². The summed E-state index contributed by atoms with van der Waals surface area (Å²) in [5.41, 5.74) is -0.326. The molecule has 1 heterocycles. The molecule has 0 bridgehead atoms. The Morgan fingerprint density at radius 2 is 1.71 bits per heavy atom. The maximum atomic E-state index is 11.6. The van der Waals surface area contributed by atoms with Crippen LogP contribution < -0.4 is 0 Å². The largest absolute Gasteiger partial charge is 0.465 e. The van der Waals surface area contributed by atoms with Gasteiger partial charge in [0.15, 0.2) is 0 Å². The standard InChI is InChI=1S/C19H36N2O3/c1-5-14-24-17-8-6-15(7-9-17)20-12-10-16(11-13-20)21(18(22)23)19(2,3)4/h15-17H,5-14H2,1-4H3,(H,22,23). The van der Waals surface area contributed by atoms with Crippen LogP contribution in [0, 0.1) is 0 Å². The Kier molecular flexibility index (Phi) is 6.93. The van der Waals surface area contributed by atoms with Gasteiger partial charge in [-0.3, -0.25) is 0 Å². The third kappa shape index (κ3) is 5.09. The lowest BCUT2D eigenvalue weighted by molar-refractivity contribution is -0.00612. The van der Waals surface area contributed by atoms with E-state index in [9.17, 15) is 9.90 Å². The summed E-state index contributed by atoms with van der Waals surface area (Å²) in [7, 11) is 0. The zero-order chi connectivity index (χ0) is 17.7. The molecule has 0 unspecified atom stereocenters. The van der Waals surface area contributed by atoms with Crippen LogP contribution in [0.1, 0.15) is 72.6 Å². The van der Waals surface area contributed by atoms with Crippen LogP contribution in [0.15, 0.2) is 0 Å². The number of nitrogens with zero attached hydrogens (tertiary/aromatic N) is 2. The maximum Gasteiger partial charge on any atom is 0.407 e. The number of amides is 1. The van der Waals surface area contributed by atoms with Gasteiger partial charge in [0.25, 0.3) is 0 Å². The molecule has 1 saturated heterocycles. The summed E-state index contributed by atoms with van der Waals surface area (Å²) < 4.78 is 5.89. The van der Waals surface area contributed by atoms with Crippen LogP contribution in [0.3, 0.4) is 0 Å². The molecule has 1 aliphatic heterocycles. The van der Waals surface area contributed by atoms with E-state index in [4.69, 9.17) is 4.74 Å². The number of likely N-dealkylation sites (tertiary alicyclic amines) is 1. The topological polar surface area (TPSA) is 53.0 Å². The minimum atomic E-state index is -0.783. The summed E-state index contributed by atoms with van der Waals surface area (Å²) in [6.07, 6.45) is 7.48. The molecule has 5 heteroatoms. The van der Waals surface area contributed by atoms with Crippen molar-refractivity contribution in [1.82, 2.24) is 9.80 Å². The molecular weight excluding hydrogens is 304 g/mol. The van der Waals surface area contributed by atoms with Gasteiger partial charge < -0.3 is 19.6 Å². The third-order valence-corrected chi connectivity index (χ3v) is 5.51. The van der Waals surface area contributed by atoms with E-state index in [2.05, 4.69) is 11.8 Å². The predicted octanol–water partition coefficient (Wildman–Crippen LogP) is 3.97. The Labute approximate surface area is 147 Å². The number of rotatable bonds is 5. The van der Waals surface area contributed by atoms with Crippen molar-refractivity contribution in [2.75, 3.05) is 19.7 Å². The van der Waals surface area contributed by atoms with Gasteiger partial charge >= 0.3 is 6.09 Å². The molecule has 0 atom stereocenters. The van der Waals surface area contributed by atoms with Crippen LogP contribution >= 0.6 is 0 Å². The first-order valence-electron chi connectivity index (χ1n) is 9.70. The second-order valence-electron chi connectivity index (χ2n) is 8.39. The van der Waals surface area contributed by atoms with Crippen molar-refractivity contribution in [3.8, 4) is 0 Å². The Hall–Kier alpha value is -0.810. The van der Waals surface area contributed by atoms with Crippen molar-refractivity contribution in [2.45, 2.75) is 96.4 Å². The SMILES string of the molecule is CCCOC1CCC(N2CCC(N(C(=O)O)C(C)(C)C)CC2)CC1. The summed E-state index contributed by atoms with van der Waals surface area (Å²) in [6, 6.07) is 0.823. The molecule has 2 fully saturated rings. The quantitative estimate of drug-likeness (QED) is 0.823. The Balaban J connectivity index is 1.80. The molecule has 1 saturated carbocycles. The molecule has 1 N–H and O–H groups in total. The highest BCUT2D eigenvalue weighted by atomic mass is 16.5. The first kappa shape index (κ1) is 19.5. The molecule has 2 aliphatic rings. The van der Waals surface area contributed by atoms with E-state index in [1.807, 2.05) is 20.8 Å². The monoisotopic (exact) mass is 340 g/mol. The fourth-order valence-electron chi connectivity index (χ4n) is 4.36. The van der Waals surface area contributed by atoms with Crippen LogP contribution in [0.2, 0.25) is 0 Å². The number of carbonyl (C=O) groups is 1. The van der Waals surface area contributed by atoms with Gasteiger partial charge in [0.2, 0.25) is 0 Å². The number of hydrogen-bond acceptors (Lipinski definition) is 3. The highest BCUT2D eigenvalue weighted by Gasteiger charge is 2.36. The smallest absolute Gasteiger partial charge is 0.407 e. The zero-order valence-electron chi connectivity index (χ0n) is 16.0.